The zero-order chi connectivity index (χ0) is 8.60. The number of hydrogen-bond acceptors (Lipinski definition) is 1. The van der Waals surface area contributed by atoms with Crippen molar-refractivity contribution in [2.75, 3.05) is 12.4 Å². The number of halogens is 1. The Bertz CT molecular complexity index is 171. The first-order valence-corrected chi connectivity index (χ1v) is 6.04. The third-order valence-electron chi connectivity index (χ3n) is 3.75. The van der Waals surface area contributed by atoms with Gasteiger partial charge in [-0.2, -0.15) is 0 Å². The first-order chi connectivity index (χ1) is 5.83. The summed E-state index contributed by atoms with van der Waals surface area (Å²) >= 11 is 3.59. The fraction of sp³-hybridized carbons (Fsp3) is 1.00. The van der Waals surface area contributed by atoms with Crippen LogP contribution in [0.1, 0.15) is 32.1 Å². The first-order valence-electron chi connectivity index (χ1n) is 4.92. The lowest BCUT2D eigenvalue weighted by molar-refractivity contribution is 0.00461. The van der Waals surface area contributed by atoms with Crippen LogP contribution in [0.25, 0.3) is 0 Å². The van der Waals surface area contributed by atoms with Gasteiger partial charge in [-0.1, -0.05) is 28.8 Å². The second-order valence-corrected chi connectivity index (χ2v) is 4.91. The third kappa shape index (κ3) is 1.24. The lowest BCUT2D eigenvalue weighted by Gasteiger charge is -2.31. The van der Waals surface area contributed by atoms with Crippen LogP contribution in [0.15, 0.2) is 0 Å². The van der Waals surface area contributed by atoms with Crippen molar-refractivity contribution in [2.24, 2.45) is 11.3 Å². The Labute approximate surface area is 83.0 Å². The fourth-order valence-corrected chi connectivity index (χ4v) is 3.77. The van der Waals surface area contributed by atoms with E-state index in [0.717, 1.165) is 5.92 Å². The van der Waals surface area contributed by atoms with Crippen molar-refractivity contribution in [3.05, 3.63) is 0 Å². The quantitative estimate of drug-likeness (QED) is 0.666. The highest BCUT2D eigenvalue weighted by Crippen LogP contribution is 2.62. The van der Waals surface area contributed by atoms with Crippen LogP contribution in [0.4, 0.5) is 0 Å². The van der Waals surface area contributed by atoms with E-state index >= 15 is 0 Å². The molecule has 70 valence electrons. The molecule has 1 nitrogen and oxygen atoms in total. The molecule has 0 heterocycles. The average molecular weight is 233 g/mol. The standard InChI is InChI=1S/C10H17BrO/c1-12-9-4-2-3-5-10(9)6-8(10)7-11/h8-9H,2-7H2,1H3/t8?,9-,10?/m0/s1. The summed E-state index contributed by atoms with van der Waals surface area (Å²) in [5.74, 6) is 0.905. The molecular weight excluding hydrogens is 216 g/mol. The summed E-state index contributed by atoms with van der Waals surface area (Å²) in [5.41, 5.74) is 0.594. The topological polar surface area (TPSA) is 9.23 Å². The summed E-state index contributed by atoms with van der Waals surface area (Å²) in [4.78, 5) is 0. The lowest BCUT2D eigenvalue weighted by atomic mass is 9.82. The van der Waals surface area contributed by atoms with Gasteiger partial charge < -0.3 is 4.74 Å². The van der Waals surface area contributed by atoms with Crippen molar-refractivity contribution in [3.63, 3.8) is 0 Å². The number of methoxy groups -OCH3 is 1. The monoisotopic (exact) mass is 232 g/mol. The second-order valence-electron chi connectivity index (χ2n) is 4.26. The fourth-order valence-electron chi connectivity index (χ4n) is 2.89. The molecule has 2 aliphatic carbocycles. The summed E-state index contributed by atoms with van der Waals surface area (Å²) in [5, 5.41) is 1.17. The Balaban J connectivity index is 2.02. The first kappa shape index (κ1) is 9.01. The van der Waals surface area contributed by atoms with E-state index in [1.165, 1.54) is 37.4 Å². The number of ether oxygens (including phenoxy) is 1. The molecule has 2 fully saturated rings. The van der Waals surface area contributed by atoms with Gasteiger partial charge in [0.1, 0.15) is 0 Å². The van der Waals surface area contributed by atoms with Crippen LogP contribution in [0.2, 0.25) is 0 Å². The van der Waals surface area contributed by atoms with Gasteiger partial charge in [0.15, 0.2) is 0 Å². The normalized spacial score (nSPS) is 46.5. The van der Waals surface area contributed by atoms with Crippen LogP contribution >= 0.6 is 15.9 Å². The van der Waals surface area contributed by atoms with Crippen molar-refractivity contribution in [2.45, 2.75) is 38.2 Å². The van der Waals surface area contributed by atoms with Crippen molar-refractivity contribution < 1.29 is 4.74 Å². The Morgan fingerprint density at radius 1 is 1.50 bits per heavy atom. The summed E-state index contributed by atoms with van der Waals surface area (Å²) < 4.78 is 5.58. The van der Waals surface area contributed by atoms with E-state index in [1.54, 1.807) is 0 Å². The van der Waals surface area contributed by atoms with Gasteiger partial charge >= 0.3 is 0 Å². The highest BCUT2D eigenvalue weighted by atomic mass is 79.9. The number of alkyl halides is 1. The van der Waals surface area contributed by atoms with E-state index in [-0.39, 0.29) is 0 Å². The summed E-state index contributed by atoms with van der Waals surface area (Å²) in [6.07, 6.45) is 7.45. The molecule has 0 aromatic carbocycles. The van der Waals surface area contributed by atoms with Crippen molar-refractivity contribution in [3.8, 4) is 0 Å². The average Bonchev–Trinajstić information content (AvgIpc) is 2.81. The molecule has 3 atom stereocenters. The molecule has 1 spiro atoms. The van der Waals surface area contributed by atoms with Crippen LogP contribution in [-0.2, 0) is 4.74 Å². The van der Waals surface area contributed by atoms with Crippen LogP contribution < -0.4 is 0 Å². The SMILES string of the molecule is CO[C@H]1CCCCC12CC2CBr. The van der Waals surface area contributed by atoms with Crippen molar-refractivity contribution in [1.29, 1.82) is 0 Å². The predicted octanol–water partition coefficient (Wildman–Crippen LogP) is 2.98. The van der Waals surface area contributed by atoms with Gasteiger partial charge in [-0.15, -0.1) is 0 Å². The van der Waals surface area contributed by atoms with E-state index in [1.807, 2.05) is 7.11 Å². The Hall–Kier alpha value is 0.440. The molecule has 2 saturated carbocycles. The zero-order valence-electron chi connectivity index (χ0n) is 7.68. The molecule has 0 N–H and O–H groups in total. The highest BCUT2D eigenvalue weighted by molar-refractivity contribution is 9.09. The predicted molar refractivity (Wildman–Crippen MR) is 53.6 cm³/mol. The summed E-state index contributed by atoms with van der Waals surface area (Å²) in [6, 6.07) is 0. The minimum atomic E-state index is 0.564. The molecule has 2 rings (SSSR count). The maximum atomic E-state index is 5.58. The second kappa shape index (κ2) is 3.30. The van der Waals surface area contributed by atoms with Gasteiger partial charge in [0.05, 0.1) is 6.10 Å². The minimum Gasteiger partial charge on any atom is -0.381 e. The van der Waals surface area contributed by atoms with E-state index in [0.29, 0.717) is 11.5 Å². The van der Waals surface area contributed by atoms with Crippen LogP contribution in [-0.4, -0.2) is 18.5 Å². The van der Waals surface area contributed by atoms with Gasteiger partial charge in [-0.05, 0) is 25.2 Å². The summed E-state index contributed by atoms with van der Waals surface area (Å²) in [6.45, 7) is 0. The molecule has 2 heteroatoms. The molecule has 0 aromatic rings. The summed E-state index contributed by atoms with van der Waals surface area (Å²) in [7, 11) is 1.88. The van der Waals surface area contributed by atoms with Gasteiger partial charge in [0.25, 0.3) is 0 Å². The van der Waals surface area contributed by atoms with Gasteiger partial charge in [-0.25, -0.2) is 0 Å². The Morgan fingerprint density at radius 3 is 2.92 bits per heavy atom. The number of rotatable bonds is 2. The minimum absolute atomic E-state index is 0.564. The van der Waals surface area contributed by atoms with Gasteiger partial charge in [0.2, 0.25) is 0 Å². The Morgan fingerprint density at radius 2 is 2.33 bits per heavy atom. The molecule has 0 aromatic heterocycles. The molecule has 2 aliphatic rings. The van der Waals surface area contributed by atoms with Crippen LogP contribution in [0, 0.1) is 11.3 Å². The van der Waals surface area contributed by atoms with Crippen molar-refractivity contribution in [1.82, 2.24) is 0 Å². The van der Waals surface area contributed by atoms with Gasteiger partial charge in [-0.3, -0.25) is 0 Å². The van der Waals surface area contributed by atoms with E-state index < -0.39 is 0 Å². The molecule has 12 heavy (non-hydrogen) atoms. The Kier molecular flexibility index (Phi) is 2.48. The van der Waals surface area contributed by atoms with E-state index in [4.69, 9.17) is 4.74 Å². The van der Waals surface area contributed by atoms with E-state index in [2.05, 4.69) is 15.9 Å². The molecule has 0 radical (unpaired) electrons. The largest absolute Gasteiger partial charge is 0.381 e. The van der Waals surface area contributed by atoms with Crippen LogP contribution in [0.5, 0.6) is 0 Å². The van der Waals surface area contributed by atoms with E-state index in [9.17, 15) is 0 Å². The maximum Gasteiger partial charge on any atom is 0.0630 e. The zero-order valence-corrected chi connectivity index (χ0v) is 9.27. The van der Waals surface area contributed by atoms with Crippen molar-refractivity contribution >= 4 is 15.9 Å². The number of hydrogen-bond donors (Lipinski definition) is 0. The smallest absolute Gasteiger partial charge is 0.0630 e. The molecule has 2 unspecified atom stereocenters. The van der Waals surface area contributed by atoms with Crippen LogP contribution in [0.3, 0.4) is 0 Å². The molecule has 0 aliphatic heterocycles. The molecular formula is C10H17BrO. The molecule has 0 amide bonds. The maximum absolute atomic E-state index is 5.58. The lowest BCUT2D eigenvalue weighted by Crippen LogP contribution is -2.30. The van der Waals surface area contributed by atoms with Gasteiger partial charge in [0, 0.05) is 17.9 Å². The highest BCUT2D eigenvalue weighted by Gasteiger charge is 2.58. The third-order valence-corrected chi connectivity index (χ3v) is 4.53. The molecule has 0 saturated heterocycles. The molecule has 0 bridgehead atoms.